The van der Waals surface area contributed by atoms with Gasteiger partial charge in [-0.05, 0) is 63.3 Å². The molecule has 9 heteroatoms. The number of fused-ring (bicyclic) bond motifs is 1. The molecule has 0 aliphatic carbocycles. The van der Waals surface area contributed by atoms with E-state index in [1.54, 1.807) is 9.80 Å². The lowest BCUT2D eigenvalue weighted by molar-refractivity contribution is 0.0203. The Morgan fingerprint density at radius 1 is 0.974 bits per heavy atom. The van der Waals surface area contributed by atoms with Gasteiger partial charge in [-0.3, -0.25) is 4.79 Å². The van der Waals surface area contributed by atoms with Gasteiger partial charge in [0.15, 0.2) is 5.82 Å². The third-order valence-electron chi connectivity index (χ3n) is 7.13. The fourth-order valence-corrected chi connectivity index (χ4v) is 5.26. The second kappa shape index (κ2) is 10.2. The van der Waals surface area contributed by atoms with E-state index < -0.39 is 17.2 Å². The molecule has 3 heterocycles. The van der Waals surface area contributed by atoms with E-state index in [0.29, 0.717) is 50.3 Å². The van der Waals surface area contributed by atoms with E-state index in [9.17, 15) is 18.4 Å². The second-order valence-electron chi connectivity index (χ2n) is 10.9. The summed E-state index contributed by atoms with van der Waals surface area (Å²) in [7, 11) is 0. The monoisotopic (exact) mass is 522 g/mol. The van der Waals surface area contributed by atoms with Crippen molar-refractivity contribution in [3.8, 4) is 5.69 Å². The van der Waals surface area contributed by atoms with E-state index in [4.69, 9.17) is 4.74 Å². The van der Waals surface area contributed by atoms with Gasteiger partial charge in [0.1, 0.15) is 17.1 Å². The third-order valence-corrected chi connectivity index (χ3v) is 7.13. The summed E-state index contributed by atoms with van der Waals surface area (Å²) in [4.78, 5) is 29.9. The fraction of sp³-hybridized carbons (Fsp3) is 0.414. The topological polar surface area (TPSA) is 67.7 Å². The number of hydrogen-bond acceptors (Lipinski definition) is 4. The summed E-state index contributed by atoms with van der Waals surface area (Å²) < 4.78 is 35.5. The lowest BCUT2D eigenvalue weighted by atomic mass is 9.90. The van der Waals surface area contributed by atoms with Crippen LogP contribution < -0.4 is 0 Å². The molecule has 0 atom stereocenters. The van der Waals surface area contributed by atoms with Gasteiger partial charge in [-0.1, -0.05) is 24.3 Å². The lowest BCUT2D eigenvalue weighted by Crippen LogP contribution is -2.42. The van der Waals surface area contributed by atoms with Crippen molar-refractivity contribution in [1.82, 2.24) is 19.6 Å². The highest BCUT2D eigenvalue weighted by Gasteiger charge is 2.34. The Hall–Kier alpha value is -3.75. The van der Waals surface area contributed by atoms with Crippen LogP contribution in [-0.2, 0) is 17.7 Å². The summed E-state index contributed by atoms with van der Waals surface area (Å²) in [6.45, 7) is 7.39. The zero-order valence-corrected chi connectivity index (χ0v) is 21.9. The van der Waals surface area contributed by atoms with Crippen molar-refractivity contribution >= 4 is 12.0 Å². The van der Waals surface area contributed by atoms with E-state index >= 15 is 0 Å². The molecule has 5 rings (SSSR count). The second-order valence-corrected chi connectivity index (χ2v) is 10.9. The first kappa shape index (κ1) is 25.9. The molecule has 0 bridgehead atoms. The van der Waals surface area contributed by atoms with Gasteiger partial charge in [-0.25, -0.2) is 18.3 Å². The summed E-state index contributed by atoms with van der Waals surface area (Å²) in [5, 5.41) is 4.42. The minimum Gasteiger partial charge on any atom is -0.444 e. The van der Waals surface area contributed by atoms with Crippen LogP contribution in [0.4, 0.5) is 13.6 Å². The normalized spacial score (nSPS) is 16.3. The van der Waals surface area contributed by atoms with Gasteiger partial charge in [0.2, 0.25) is 0 Å². The summed E-state index contributed by atoms with van der Waals surface area (Å²) >= 11 is 0. The van der Waals surface area contributed by atoms with Crippen molar-refractivity contribution in [2.24, 2.45) is 0 Å². The lowest BCUT2D eigenvalue weighted by Gasteiger charge is -2.34. The molecule has 38 heavy (non-hydrogen) atoms. The number of likely N-dealkylation sites (tertiary alicyclic amines) is 1. The Labute approximate surface area is 221 Å². The first-order chi connectivity index (χ1) is 18.1. The van der Waals surface area contributed by atoms with Crippen LogP contribution in [0.25, 0.3) is 5.69 Å². The smallest absolute Gasteiger partial charge is 0.410 e. The number of piperidine rings is 1. The largest absolute Gasteiger partial charge is 0.444 e. The molecule has 1 saturated heterocycles. The van der Waals surface area contributed by atoms with Crippen LogP contribution in [0.3, 0.4) is 0 Å². The number of ether oxygens (including phenoxy) is 1. The summed E-state index contributed by atoms with van der Waals surface area (Å²) in [6, 6.07) is 11.4. The van der Waals surface area contributed by atoms with Crippen LogP contribution in [0.1, 0.15) is 66.7 Å². The molecular weight excluding hydrogens is 490 g/mol. The molecule has 1 aromatic heterocycles. The van der Waals surface area contributed by atoms with E-state index in [-0.39, 0.29) is 23.6 Å². The van der Waals surface area contributed by atoms with Crippen molar-refractivity contribution in [2.75, 3.05) is 19.6 Å². The number of amides is 2. The number of benzene rings is 2. The van der Waals surface area contributed by atoms with Crippen LogP contribution in [0, 0.1) is 11.6 Å². The summed E-state index contributed by atoms with van der Waals surface area (Å²) in [6.07, 6.45) is 2.97. The molecule has 0 unspecified atom stereocenters. The maximum absolute atomic E-state index is 14.9. The number of rotatable bonds is 3. The maximum atomic E-state index is 14.9. The molecule has 0 spiro atoms. The van der Waals surface area contributed by atoms with Gasteiger partial charge in [0, 0.05) is 38.2 Å². The van der Waals surface area contributed by atoms with E-state index in [1.807, 2.05) is 39.0 Å². The van der Waals surface area contributed by atoms with Crippen LogP contribution in [-0.4, -0.2) is 56.8 Å². The maximum Gasteiger partial charge on any atom is 0.410 e. The van der Waals surface area contributed by atoms with Crippen LogP contribution in [0.5, 0.6) is 0 Å². The number of carbonyl (C=O) groups is 2. The van der Waals surface area contributed by atoms with Gasteiger partial charge in [-0.2, -0.15) is 5.10 Å². The zero-order valence-electron chi connectivity index (χ0n) is 21.9. The molecule has 200 valence electrons. The number of carbonyl (C=O) groups excluding carboxylic acids is 2. The molecule has 7 nitrogen and oxygen atoms in total. The molecule has 2 aliphatic rings. The molecule has 2 aromatic carbocycles. The molecule has 2 aliphatic heterocycles. The average Bonchev–Trinajstić information content (AvgIpc) is 3.32. The zero-order chi connectivity index (χ0) is 27.0. The SMILES string of the molecule is CC(C)(C)OC(=O)N1CCC(c2c(C(=O)N3CCc4ccccc4C3)cnn2-c2ccc(F)cc2F)CC1. The fourth-order valence-electron chi connectivity index (χ4n) is 5.26. The molecule has 0 radical (unpaired) electrons. The average molecular weight is 523 g/mol. The molecule has 0 saturated carbocycles. The van der Waals surface area contributed by atoms with Crippen molar-refractivity contribution in [2.45, 2.75) is 58.1 Å². The highest BCUT2D eigenvalue weighted by atomic mass is 19.1. The van der Waals surface area contributed by atoms with Gasteiger partial charge in [-0.15, -0.1) is 0 Å². The minimum absolute atomic E-state index is 0.0824. The molecule has 3 aromatic rings. The van der Waals surface area contributed by atoms with E-state index in [2.05, 4.69) is 11.2 Å². The predicted octanol–water partition coefficient (Wildman–Crippen LogP) is 5.46. The molecule has 1 fully saturated rings. The standard InChI is InChI=1S/C29H32F2N4O3/c1-29(2,3)38-28(37)33-13-11-20(12-14-33)26-23(17-32-35(26)25-9-8-22(30)16-24(25)31)27(36)34-15-10-19-6-4-5-7-21(19)18-34/h4-9,16-17,20H,10-15,18H2,1-3H3. The quantitative estimate of drug-likeness (QED) is 0.458. The van der Waals surface area contributed by atoms with Crippen LogP contribution in [0.15, 0.2) is 48.7 Å². The minimum atomic E-state index is -0.758. The Morgan fingerprint density at radius 3 is 2.37 bits per heavy atom. The first-order valence-electron chi connectivity index (χ1n) is 13.0. The molecular formula is C29H32F2N4O3. The summed E-state index contributed by atoms with van der Waals surface area (Å²) in [5.74, 6) is -1.77. The molecule has 0 N–H and O–H groups in total. The van der Waals surface area contributed by atoms with Gasteiger partial charge >= 0.3 is 6.09 Å². The Bertz CT molecular complexity index is 1360. The Kier molecular flexibility index (Phi) is 6.94. The Balaban J connectivity index is 1.45. The van der Waals surface area contributed by atoms with Crippen molar-refractivity contribution < 1.29 is 23.1 Å². The van der Waals surface area contributed by atoms with Crippen molar-refractivity contribution in [1.29, 1.82) is 0 Å². The highest BCUT2D eigenvalue weighted by molar-refractivity contribution is 5.95. The van der Waals surface area contributed by atoms with Gasteiger partial charge in [0.25, 0.3) is 5.91 Å². The van der Waals surface area contributed by atoms with Gasteiger partial charge < -0.3 is 14.5 Å². The first-order valence-corrected chi connectivity index (χ1v) is 13.0. The highest BCUT2D eigenvalue weighted by Crippen LogP contribution is 2.34. The van der Waals surface area contributed by atoms with Crippen LogP contribution >= 0.6 is 0 Å². The number of hydrogen-bond donors (Lipinski definition) is 0. The van der Waals surface area contributed by atoms with Crippen LogP contribution in [0.2, 0.25) is 0 Å². The molecule has 2 amide bonds. The van der Waals surface area contributed by atoms with E-state index in [1.165, 1.54) is 28.6 Å². The number of nitrogens with zero attached hydrogens (tertiary/aromatic N) is 4. The number of aromatic nitrogens is 2. The third kappa shape index (κ3) is 5.28. The predicted molar refractivity (Wildman–Crippen MR) is 138 cm³/mol. The summed E-state index contributed by atoms with van der Waals surface area (Å²) in [5.41, 5.74) is 2.82. The van der Waals surface area contributed by atoms with Crippen molar-refractivity contribution in [3.05, 3.63) is 82.7 Å². The number of halogens is 2. The van der Waals surface area contributed by atoms with Crippen molar-refractivity contribution in [3.63, 3.8) is 0 Å². The van der Waals surface area contributed by atoms with Gasteiger partial charge in [0.05, 0.1) is 17.5 Å². The van der Waals surface area contributed by atoms with E-state index in [0.717, 1.165) is 18.1 Å². The Morgan fingerprint density at radius 2 is 1.68 bits per heavy atom.